The molecule has 0 aliphatic rings. The van der Waals surface area contributed by atoms with Crippen molar-refractivity contribution in [3.05, 3.63) is 149 Å². The summed E-state index contributed by atoms with van der Waals surface area (Å²) in [5, 5.41) is 14.6. The minimum atomic E-state index is -1.06. The number of aryl methyl sites for hydroxylation is 1. The van der Waals surface area contributed by atoms with Crippen molar-refractivity contribution in [2.45, 2.75) is 52.2 Å². The van der Waals surface area contributed by atoms with Crippen molar-refractivity contribution in [3.63, 3.8) is 0 Å². The number of amides is 2. The Labute approximate surface area is 297 Å². The molecule has 1 heterocycles. The number of carbonyl (C=O) groups excluding carboxylic acids is 2. The van der Waals surface area contributed by atoms with Crippen LogP contribution in [0, 0.1) is 0 Å². The zero-order valence-corrected chi connectivity index (χ0v) is 29.0. The number of carbonyl (C=O) groups is 3. The summed E-state index contributed by atoms with van der Waals surface area (Å²) >= 11 is 1.47. The molecule has 9 heteroatoms. The molecule has 5 rings (SSSR count). The van der Waals surface area contributed by atoms with Gasteiger partial charge in [0.1, 0.15) is 10.8 Å². The fourth-order valence-corrected chi connectivity index (χ4v) is 6.19. The molecule has 2 N–H and O–H groups in total. The van der Waals surface area contributed by atoms with Gasteiger partial charge in [-0.2, -0.15) is 0 Å². The largest absolute Gasteiger partial charge is 0.482 e. The Bertz CT molecular complexity index is 1890. The zero-order valence-electron chi connectivity index (χ0n) is 28.1. The van der Waals surface area contributed by atoms with Gasteiger partial charge in [-0.15, -0.1) is 11.3 Å². The second-order valence-electron chi connectivity index (χ2n) is 12.0. The van der Waals surface area contributed by atoms with Crippen molar-refractivity contribution in [2.75, 3.05) is 6.61 Å². The van der Waals surface area contributed by atoms with Gasteiger partial charge in [0, 0.05) is 35.2 Å². The average Bonchev–Trinajstić information content (AvgIpc) is 3.62. The van der Waals surface area contributed by atoms with E-state index in [1.807, 2.05) is 47.8 Å². The van der Waals surface area contributed by atoms with Crippen molar-refractivity contribution in [1.82, 2.24) is 15.2 Å². The smallest absolute Gasteiger partial charge is 0.341 e. The van der Waals surface area contributed by atoms with E-state index in [0.717, 1.165) is 39.4 Å². The Hall–Kier alpha value is -5.54. The third kappa shape index (κ3) is 10.2. The summed E-state index contributed by atoms with van der Waals surface area (Å²) < 4.78 is 5.25. The molecule has 0 fully saturated rings. The Morgan fingerprint density at radius 2 is 1.50 bits per heavy atom. The number of rotatable bonds is 17. The second kappa shape index (κ2) is 17.7. The summed E-state index contributed by atoms with van der Waals surface area (Å²) in [6.07, 6.45) is 4.72. The number of thiazole rings is 1. The van der Waals surface area contributed by atoms with Crippen LogP contribution in [0.2, 0.25) is 0 Å². The lowest BCUT2D eigenvalue weighted by Crippen LogP contribution is -2.30. The number of unbranched alkanes of at least 4 members (excludes halogenated alkanes) is 2. The van der Waals surface area contributed by atoms with Gasteiger partial charge < -0.3 is 20.1 Å². The summed E-state index contributed by atoms with van der Waals surface area (Å²) in [7, 11) is 0. The van der Waals surface area contributed by atoms with E-state index < -0.39 is 12.6 Å². The SMILES string of the molecule is C=C(C(=O)N(Cc1ccc(OCC(=O)O)cc1)Cc1csc(-c2ccc(C(=O)NCc3ccc(CCCCC)cc3)cc2)n1)c1ccccc1. The monoisotopic (exact) mass is 687 g/mol. The maximum atomic E-state index is 13.8. The molecule has 256 valence electrons. The van der Waals surface area contributed by atoms with Crippen LogP contribution in [-0.4, -0.2) is 39.4 Å². The van der Waals surface area contributed by atoms with Crippen LogP contribution in [-0.2, 0) is 35.6 Å². The van der Waals surface area contributed by atoms with Crippen molar-refractivity contribution >= 4 is 34.7 Å². The predicted octanol–water partition coefficient (Wildman–Crippen LogP) is 8.18. The van der Waals surface area contributed by atoms with Gasteiger partial charge in [0.05, 0.1) is 12.2 Å². The maximum Gasteiger partial charge on any atom is 0.341 e. The fraction of sp³-hybridized carbons (Fsp3) is 0.220. The van der Waals surface area contributed by atoms with Gasteiger partial charge in [0.15, 0.2) is 6.61 Å². The highest BCUT2D eigenvalue weighted by molar-refractivity contribution is 7.13. The van der Waals surface area contributed by atoms with Gasteiger partial charge in [-0.05, 0) is 59.4 Å². The Morgan fingerprint density at radius 1 is 0.820 bits per heavy atom. The first kappa shape index (κ1) is 35.8. The predicted molar refractivity (Wildman–Crippen MR) is 198 cm³/mol. The number of aromatic nitrogens is 1. The molecule has 0 atom stereocenters. The number of nitrogens with zero attached hydrogens (tertiary/aromatic N) is 2. The Morgan fingerprint density at radius 3 is 2.18 bits per heavy atom. The number of nitrogens with one attached hydrogen (secondary N) is 1. The lowest BCUT2D eigenvalue weighted by Gasteiger charge is -2.23. The molecule has 1 aromatic heterocycles. The minimum Gasteiger partial charge on any atom is -0.482 e. The molecule has 2 amide bonds. The standard InChI is InChI=1S/C41H41N3O5S/c1-3-4-6-9-30-12-14-31(15-13-30)24-42-39(47)34-18-20-35(21-19-34)40-43-36(28-50-40)26-44(41(48)29(2)33-10-7-5-8-11-33)25-32-16-22-37(23-17-32)49-27-38(45)46/h5,7-8,10-23,28H,2-4,6,9,24-27H2,1H3,(H,42,47)(H,45,46). The summed E-state index contributed by atoms with van der Waals surface area (Å²) in [5.74, 6) is -0.995. The molecule has 0 bridgehead atoms. The van der Waals surface area contributed by atoms with E-state index in [4.69, 9.17) is 14.8 Å². The van der Waals surface area contributed by atoms with Crippen LogP contribution >= 0.6 is 11.3 Å². The second-order valence-corrected chi connectivity index (χ2v) is 12.9. The van der Waals surface area contributed by atoms with Crippen LogP contribution in [0.5, 0.6) is 5.75 Å². The lowest BCUT2D eigenvalue weighted by molar-refractivity contribution is -0.139. The van der Waals surface area contributed by atoms with Gasteiger partial charge in [-0.3, -0.25) is 9.59 Å². The molecule has 0 saturated heterocycles. The minimum absolute atomic E-state index is 0.141. The number of hydrogen-bond donors (Lipinski definition) is 2. The van der Waals surface area contributed by atoms with E-state index in [0.29, 0.717) is 23.4 Å². The first-order valence-electron chi connectivity index (χ1n) is 16.7. The van der Waals surface area contributed by atoms with Crippen LogP contribution < -0.4 is 10.1 Å². The highest BCUT2D eigenvalue weighted by atomic mass is 32.1. The van der Waals surface area contributed by atoms with E-state index in [1.54, 1.807) is 41.3 Å². The van der Waals surface area contributed by atoms with E-state index in [9.17, 15) is 14.4 Å². The van der Waals surface area contributed by atoms with Gasteiger partial charge in [-0.25, -0.2) is 9.78 Å². The van der Waals surface area contributed by atoms with Crippen molar-refractivity contribution in [2.24, 2.45) is 0 Å². The Balaban J connectivity index is 1.23. The molecule has 0 unspecified atom stereocenters. The molecule has 8 nitrogen and oxygen atoms in total. The highest BCUT2D eigenvalue weighted by Gasteiger charge is 2.21. The summed E-state index contributed by atoms with van der Waals surface area (Å²) in [4.78, 5) is 44.0. The van der Waals surface area contributed by atoms with Crippen LogP contribution in [0.25, 0.3) is 16.1 Å². The number of hydrogen-bond acceptors (Lipinski definition) is 6. The number of benzene rings is 4. The van der Waals surface area contributed by atoms with Gasteiger partial charge in [0.2, 0.25) is 0 Å². The summed E-state index contributed by atoms with van der Waals surface area (Å²) in [6.45, 7) is 6.85. The quantitative estimate of drug-likeness (QED) is 0.0754. The van der Waals surface area contributed by atoms with E-state index in [2.05, 4.69) is 43.1 Å². The maximum absolute atomic E-state index is 13.8. The first-order valence-corrected chi connectivity index (χ1v) is 17.5. The normalized spacial score (nSPS) is 10.7. The van der Waals surface area contributed by atoms with Crippen LogP contribution in [0.4, 0.5) is 0 Å². The lowest BCUT2D eigenvalue weighted by atomic mass is 10.1. The number of carboxylic acids is 1. The molecule has 4 aromatic carbocycles. The topological polar surface area (TPSA) is 109 Å². The summed E-state index contributed by atoms with van der Waals surface area (Å²) in [5.41, 5.74) is 6.49. The van der Waals surface area contributed by atoms with E-state index >= 15 is 0 Å². The van der Waals surface area contributed by atoms with Gasteiger partial charge in [0.25, 0.3) is 11.8 Å². The molecule has 0 radical (unpaired) electrons. The van der Waals surface area contributed by atoms with Crippen molar-refractivity contribution in [3.8, 4) is 16.3 Å². The Kier molecular flexibility index (Phi) is 12.7. The third-order valence-corrected chi connectivity index (χ3v) is 9.11. The molecule has 0 aliphatic heterocycles. The van der Waals surface area contributed by atoms with Gasteiger partial charge in [-0.1, -0.05) is 105 Å². The molecular formula is C41H41N3O5S. The highest BCUT2D eigenvalue weighted by Crippen LogP contribution is 2.26. The molecular weight excluding hydrogens is 647 g/mol. The van der Waals surface area contributed by atoms with E-state index in [-0.39, 0.29) is 24.9 Å². The molecule has 5 aromatic rings. The van der Waals surface area contributed by atoms with Crippen LogP contribution in [0.15, 0.2) is 115 Å². The van der Waals surface area contributed by atoms with E-state index in [1.165, 1.54) is 36.2 Å². The first-order chi connectivity index (χ1) is 24.3. The van der Waals surface area contributed by atoms with Crippen molar-refractivity contribution in [1.29, 1.82) is 0 Å². The molecule has 0 spiro atoms. The number of carboxylic acid groups (broad SMARTS) is 1. The van der Waals surface area contributed by atoms with Crippen LogP contribution in [0.3, 0.4) is 0 Å². The average molecular weight is 688 g/mol. The van der Waals surface area contributed by atoms with Crippen LogP contribution in [0.1, 0.15) is 64.5 Å². The molecule has 0 aliphatic carbocycles. The van der Waals surface area contributed by atoms with Crippen molar-refractivity contribution < 1.29 is 24.2 Å². The summed E-state index contributed by atoms with van der Waals surface area (Å²) in [6, 6.07) is 32.1. The zero-order chi connectivity index (χ0) is 35.3. The number of ether oxygens (including phenoxy) is 1. The third-order valence-electron chi connectivity index (χ3n) is 8.17. The molecule has 50 heavy (non-hydrogen) atoms. The van der Waals surface area contributed by atoms with Gasteiger partial charge >= 0.3 is 5.97 Å². The number of aliphatic carboxylic acids is 1. The fourth-order valence-electron chi connectivity index (χ4n) is 5.37. The molecule has 0 saturated carbocycles.